The summed E-state index contributed by atoms with van der Waals surface area (Å²) in [5, 5.41) is 9.72. The molecule has 4 nitrogen and oxygen atoms in total. The number of aliphatic hydroxyl groups is 1. The molecule has 1 unspecified atom stereocenters. The van der Waals surface area contributed by atoms with Gasteiger partial charge in [0.2, 0.25) is 0 Å². The van der Waals surface area contributed by atoms with E-state index in [4.69, 9.17) is 13.9 Å². The van der Waals surface area contributed by atoms with Crippen LogP contribution in [-0.2, 0) is 13.9 Å². The van der Waals surface area contributed by atoms with Gasteiger partial charge in [0.25, 0.3) is 0 Å². The van der Waals surface area contributed by atoms with Crippen LogP contribution in [0.2, 0.25) is 18.1 Å². The van der Waals surface area contributed by atoms with Crippen molar-refractivity contribution in [1.82, 2.24) is 0 Å². The molecule has 0 fully saturated rings. The van der Waals surface area contributed by atoms with E-state index in [1.807, 2.05) is 13.8 Å². The highest BCUT2D eigenvalue weighted by Gasteiger charge is 2.37. The van der Waals surface area contributed by atoms with Crippen LogP contribution in [0, 0.1) is 5.92 Å². The molecule has 0 aliphatic carbocycles. The Bertz CT molecular complexity index is 245. The van der Waals surface area contributed by atoms with Crippen molar-refractivity contribution < 1.29 is 19.0 Å². The van der Waals surface area contributed by atoms with Gasteiger partial charge in [-0.2, -0.15) is 0 Å². The van der Waals surface area contributed by atoms with E-state index < -0.39 is 8.32 Å². The summed E-state index contributed by atoms with van der Waals surface area (Å²) in [4.78, 5) is 0. The molecule has 0 radical (unpaired) electrons. The van der Waals surface area contributed by atoms with Crippen molar-refractivity contribution in [3.8, 4) is 0 Å². The van der Waals surface area contributed by atoms with E-state index >= 15 is 0 Å². The summed E-state index contributed by atoms with van der Waals surface area (Å²) in [5.74, 6) is 0.0622. The molecule has 122 valence electrons. The molecule has 0 bridgehead atoms. The molecule has 20 heavy (non-hydrogen) atoms. The van der Waals surface area contributed by atoms with Crippen LogP contribution in [0.5, 0.6) is 0 Å². The minimum Gasteiger partial charge on any atom is -0.416 e. The van der Waals surface area contributed by atoms with E-state index in [-0.39, 0.29) is 23.9 Å². The van der Waals surface area contributed by atoms with Crippen molar-refractivity contribution in [2.24, 2.45) is 5.92 Å². The van der Waals surface area contributed by atoms with Gasteiger partial charge in [-0.15, -0.1) is 0 Å². The Labute approximate surface area is 125 Å². The maximum atomic E-state index is 9.54. The second-order valence-electron chi connectivity index (χ2n) is 6.70. The summed E-state index contributed by atoms with van der Waals surface area (Å²) < 4.78 is 17.2. The van der Waals surface area contributed by atoms with Gasteiger partial charge in [-0.05, 0) is 32.0 Å². The van der Waals surface area contributed by atoms with Crippen LogP contribution < -0.4 is 0 Å². The molecule has 0 rings (SSSR count). The van der Waals surface area contributed by atoms with E-state index in [0.29, 0.717) is 26.2 Å². The van der Waals surface area contributed by atoms with Gasteiger partial charge in [0.15, 0.2) is 14.6 Å². The Morgan fingerprint density at radius 3 is 1.90 bits per heavy atom. The third-order valence-electron chi connectivity index (χ3n) is 3.98. The number of hydrogen-bond acceptors (Lipinski definition) is 4. The minimum absolute atomic E-state index is 0.0622. The molecule has 1 atom stereocenters. The summed E-state index contributed by atoms with van der Waals surface area (Å²) >= 11 is 0. The van der Waals surface area contributed by atoms with Crippen LogP contribution in [0.1, 0.15) is 41.0 Å². The lowest BCUT2D eigenvalue weighted by Crippen LogP contribution is -2.42. The zero-order valence-electron chi connectivity index (χ0n) is 14.4. The van der Waals surface area contributed by atoms with Crippen LogP contribution in [-0.4, -0.2) is 46.1 Å². The quantitative estimate of drug-likeness (QED) is 0.496. The van der Waals surface area contributed by atoms with Crippen molar-refractivity contribution in [2.45, 2.75) is 65.5 Å². The molecule has 0 saturated heterocycles. The standard InChI is InChI=1S/C15H34O4Si/c1-8-17-14(18-9-2)10-13(11-16)12-19-20(6,7)15(3,4)5/h13-14,16H,8-12H2,1-7H3. The molecular formula is C15H34O4Si. The van der Waals surface area contributed by atoms with Crippen molar-refractivity contribution in [1.29, 1.82) is 0 Å². The van der Waals surface area contributed by atoms with E-state index in [9.17, 15) is 5.11 Å². The lowest BCUT2D eigenvalue weighted by molar-refractivity contribution is -0.149. The molecule has 0 aliphatic heterocycles. The second kappa shape index (κ2) is 9.15. The Morgan fingerprint density at radius 1 is 1.05 bits per heavy atom. The van der Waals surface area contributed by atoms with E-state index in [2.05, 4.69) is 33.9 Å². The van der Waals surface area contributed by atoms with E-state index in [0.717, 1.165) is 0 Å². The van der Waals surface area contributed by atoms with Gasteiger partial charge in [-0.3, -0.25) is 0 Å². The zero-order valence-corrected chi connectivity index (χ0v) is 15.4. The fourth-order valence-electron chi connectivity index (χ4n) is 1.57. The Kier molecular flexibility index (Phi) is 9.18. The molecule has 0 saturated carbocycles. The summed E-state index contributed by atoms with van der Waals surface area (Å²) in [6, 6.07) is 0. The Hall–Kier alpha value is 0.0569. The largest absolute Gasteiger partial charge is 0.416 e. The maximum absolute atomic E-state index is 9.54. The van der Waals surface area contributed by atoms with Crippen LogP contribution in [0.25, 0.3) is 0 Å². The van der Waals surface area contributed by atoms with Crippen LogP contribution >= 0.6 is 0 Å². The fourth-order valence-corrected chi connectivity index (χ4v) is 2.65. The third-order valence-corrected chi connectivity index (χ3v) is 8.48. The predicted molar refractivity (Wildman–Crippen MR) is 85.4 cm³/mol. The molecule has 1 N–H and O–H groups in total. The fraction of sp³-hybridized carbons (Fsp3) is 1.00. The summed E-state index contributed by atoms with van der Waals surface area (Å²) in [7, 11) is -1.76. The first-order chi connectivity index (χ1) is 9.17. The second-order valence-corrected chi connectivity index (χ2v) is 11.5. The molecule has 0 aromatic heterocycles. The van der Waals surface area contributed by atoms with Gasteiger partial charge in [0, 0.05) is 38.8 Å². The molecule has 0 amide bonds. The molecular weight excluding hydrogens is 272 g/mol. The molecule has 5 heteroatoms. The minimum atomic E-state index is -1.76. The summed E-state index contributed by atoms with van der Waals surface area (Å²) in [6.07, 6.45) is 0.428. The maximum Gasteiger partial charge on any atom is 0.191 e. The first-order valence-electron chi connectivity index (χ1n) is 7.65. The zero-order chi connectivity index (χ0) is 15.8. The summed E-state index contributed by atoms with van der Waals surface area (Å²) in [5.41, 5.74) is 0. The molecule has 0 aromatic rings. The number of hydrogen-bond donors (Lipinski definition) is 1. The van der Waals surface area contributed by atoms with Crippen LogP contribution in [0.15, 0.2) is 0 Å². The highest BCUT2D eigenvalue weighted by molar-refractivity contribution is 6.74. The monoisotopic (exact) mass is 306 g/mol. The topological polar surface area (TPSA) is 47.9 Å². The van der Waals surface area contributed by atoms with Crippen molar-refractivity contribution >= 4 is 8.32 Å². The molecule has 0 aliphatic rings. The van der Waals surface area contributed by atoms with Crippen molar-refractivity contribution in [3.63, 3.8) is 0 Å². The Morgan fingerprint density at radius 2 is 1.55 bits per heavy atom. The first-order valence-corrected chi connectivity index (χ1v) is 10.6. The number of ether oxygens (including phenoxy) is 2. The summed E-state index contributed by atoms with van der Waals surface area (Å²) in [6.45, 7) is 16.9. The average molecular weight is 307 g/mol. The van der Waals surface area contributed by atoms with E-state index in [1.165, 1.54) is 0 Å². The van der Waals surface area contributed by atoms with Crippen molar-refractivity contribution in [3.05, 3.63) is 0 Å². The van der Waals surface area contributed by atoms with Gasteiger partial charge in [0.1, 0.15) is 0 Å². The van der Waals surface area contributed by atoms with Crippen molar-refractivity contribution in [2.75, 3.05) is 26.4 Å². The normalized spacial score (nSPS) is 14.8. The SMILES string of the molecule is CCOC(CC(CO)CO[Si](C)(C)C(C)(C)C)OCC. The van der Waals surface area contributed by atoms with Gasteiger partial charge in [0.05, 0.1) is 0 Å². The first kappa shape index (κ1) is 20.1. The highest BCUT2D eigenvalue weighted by Crippen LogP contribution is 2.36. The highest BCUT2D eigenvalue weighted by atomic mass is 28.4. The lowest BCUT2D eigenvalue weighted by atomic mass is 10.1. The van der Waals surface area contributed by atoms with Gasteiger partial charge < -0.3 is 19.0 Å². The molecule has 0 heterocycles. The number of aliphatic hydroxyl groups excluding tert-OH is 1. The predicted octanol–water partition coefficient (Wildman–Crippen LogP) is 3.41. The van der Waals surface area contributed by atoms with Gasteiger partial charge in [-0.1, -0.05) is 20.8 Å². The van der Waals surface area contributed by atoms with Gasteiger partial charge in [-0.25, -0.2) is 0 Å². The lowest BCUT2D eigenvalue weighted by Gasteiger charge is -2.37. The smallest absolute Gasteiger partial charge is 0.191 e. The van der Waals surface area contributed by atoms with E-state index in [1.54, 1.807) is 0 Å². The third kappa shape index (κ3) is 7.18. The van der Waals surface area contributed by atoms with Crippen LogP contribution in [0.4, 0.5) is 0 Å². The number of rotatable bonds is 10. The molecule has 0 spiro atoms. The Balaban J connectivity index is 4.40. The average Bonchev–Trinajstić information content (AvgIpc) is 2.33. The molecule has 0 aromatic carbocycles. The van der Waals surface area contributed by atoms with Gasteiger partial charge >= 0.3 is 0 Å². The van der Waals surface area contributed by atoms with Crippen LogP contribution in [0.3, 0.4) is 0 Å².